The zero-order valence-electron chi connectivity index (χ0n) is 9.01. The van der Waals surface area contributed by atoms with E-state index < -0.39 is 11.8 Å². The summed E-state index contributed by atoms with van der Waals surface area (Å²) in [6, 6.07) is 6.88. The van der Waals surface area contributed by atoms with Crippen molar-refractivity contribution in [3.05, 3.63) is 52.9 Å². The maximum absolute atomic E-state index is 12.0. The minimum absolute atomic E-state index is 0.0388. The van der Waals surface area contributed by atoms with Crippen LogP contribution in [0.5, 0.6) is 0 Å². The lowest BCUT2D eigenvalue weighted by Crippen LogP contribution is -2.08. The molecule has 0 saturated heterocycles. The van der Waals surface area contributed by atoms with E-state index in [2.05, 4.69) is 9.68 Å². The minimum atomic E-state index is -1.28. The standard InChI is InChI=1S/C12H9NO4/c1-7-3-2-4-8(5-7)11(14)9-6-17-13-10(9)12(15)16/h2-6H,1H3,(H,15,16). The van der Waals surface area contributed by atoms with Gasteiger partial charge in [0.25, 0.3) is 0 Å². The monoisotopic (exact) mass is 231 g/mol. The number of carbonyl (C=O) groups is 2. The molecule has 0 unspecified atom stereocenters. The molecule has 0 fully saturated rings. The van der Waals surface area contributed by atoms with Crippen LogP contribution in [0.4, 0.5) is 0 Å². The average molecular weight is 231 g/mol. The second-order valence-corrected chi connectivity index (χ2v) is 3.58. The number of hydrogen-bond donors (Lipinski definition) is 1. The summed E-state index contributed by atoms with van der Waals surface area (Å²) in [4.78, 5) is 22.8. The van der Waals surface area contributed by atoms with Gasteiger partial charge in [-0.05, 0) is 13.0 Å². The van der Waals surface area contributed by atoms with Crippen molar-refractivity contribution >= 4 is 11.8 Å². The topological polar surface area (TPSA) is 80.4 Å². The van der Waals surface area contributed by atoms with Crippen LogP contribution in [0.3, 0.4) is 0 Å². The molecule has 1 aromatic carbocycles. The van der Waals surface area contributed by atoms with Crippen molar-refractivity contribution < 1.29 is 19.2 Å². The zero-order valence-corrected chi connectivity index (χ0v) is 9.01. The Hall–Kier alpha value is -2.43. The van der Waals surface area contributed by atoms with E-state index in [4.69, 9.17) is 5.11 Å². The Morgan fingerprint density at radius 1 is 1.35 bits per heavy atom. The molecule has 0 aliphatic carbocycles. The van der Waals surface area contributed by atoms with Gasteiger partial charge in [0.2, 0.25) is 5.69 Å². The number of rotatable bonds is 3. The third-order valence-electron chi connectivity index (χ3n) is 2.30. The summed E-state index contributed by atoms with van der Waals surface area (Å²) in [6.45, 7) is 1.85. The van der Waals surface area contributed by atoms with E-state index in [-0.39, 0.29) is 11.3 Å². The van der Waals surface area contributed by atoms with Crippen LogP contribution in [0.25, 0.3) is 0 Å². The maximum Gasteiger partial charge on any atom is 0.358 e. The second kappa shape index (κ2) is 4.21. The second-order valence-electron chi connectivity index (χ2n) is 3.58. The SMILES string of the molecule is Cc1cccc(C(=O)c2conc2C(=O)O)c1. The molecule has 2 rings (SSSR count). The number of nitrogens with zero attached hydrogens (tertiary/aromatic N) is 1. The number of carboxylic acid groups (broad SMARTS) is 1. The normalized spacial score (nSPS) is 10.2. The Bertz CT molecular complexity index is 586. The summed E-state index contributed by atoms with van der Waals surface area (Å²) < 4.78 is 4.53. The van der Waals surface area contributed by atoms with Crippen LogP contribution in [-0.2, 0) is 0 Å². The highest BCUT2D eigenvalue weighted by Crippen LogP contribution is 2.14. The summed E-state index contributed by atoms with van der Waals surface area (Å²) in [6.07, 6.45) is 1.05. The van der Waals surface area contributed by atoms with Crippen LogP contribution in [-0.4, -0.2) is 22.0 Å². The van der Waals surface area contributed by atoms with Gasteiger partial charge in [-0.15, -0.1) is 0 Å². The molecule has 17 heavy (non-hydrogen) atoms. The number of carbonyl (C=O) groups excluding carboxylic acids is 1. The van der Waals surface area contributed by atoms with Crippen LogP contribution >= 0.6 is 0 Å². The van der Waals surface area contributed by atoms with Crippen molar-refractivity contribution in [3.63, 3.8) is 0 Å². The Labute approximate surface area is 96.7 Å². The van der Waals surface area contributed by atoms with Crippen molar-refractivity contribution in [2.45, 2.75) is 6.92 Å². The molecule has 5 nitrogen and oxygen atoms in total. The zero-order chi connectivity index (χ0) is 12.4. The molecular formula is C12H9NO4. The Kier molecular flexibility index (Phi) is 2.74. The fraction of sp³-hybridized carbons (Fsp3) is 0.0833. The molecule has 0 radical (unpaired) electrons. The highest BCUT2D eigenvalue weighted by atomic mass is 16.5. The van der Waals surface area contributed by atoms with Gasteiger partial charge in [0.05, 0.1) is 5.56 Å². The number of aromatic carboxylic acids is 1. The van der Waals surface area contributed by atoms with E-state index in [1.165, 1.54) is 0 Å². The van der Waals surface area contributed by atoms with Crippen LogP contribution in [0.15, 0.2) is 35.1 Å². The van der Waals surface area contributed by atoms with Gasteiger partial charge in [-0.3, -0.25) is 4.79 Å². The van der Waals surface area contributed by atoms with Crippen molar-refractivity contribution in [1.29, 1.82) is 0 Å². The molecule has 0 bridgehead atoms. The Morgan fingerprint density at radius 2 is 2.12 bits per heavy atom. The van der Waals surface area contributed by atoms with Crippen LogP contribution in [0.2, 0.25) is 0 Å². The third-order valence-corrected chi connectivity index (χ3v) is 2.30. The van der Waals surface area contributed by atoms with Crippen LogP contribution in [0, 0.1) is 6.92 Å². The Balaban J connectivity index is 2.44. The van der Waals surface area contributed by atoms with Gasteiger partial charge in [-0.25, -0.2) is 4.79 Å². The first-order valence-corrected chi connectivity index (χ1v) is 4.88. The van der Waals surface area contributed by atoms with Gasteiger partial charge in [-0.2, -0.15) is 0 Å². The molecular weight excluding hydrogens is 222 g/mol. The molecule has 0 amide bonds. The number of carboxylic acids is 1. The van der Waals surface area contributed by atoms with Crippen molar-refractivity contribution in [1.82, 2.24) is 5.16 Å². The van der Waals surface area contributed by atoms with Crippen molar-refractivity contribution in [2.24, 2.45) is 0 Å². The van der Waals surface area contributed by atoms with E-state index in [0.717, 1.165) is 11.8 Å². The van der Waals surface area contributed by atoms with Crippen LogP contribution in [0.1, 0.15) is 32.0 Å². The minimum Gasteiger partial charge on any atom is -0.476 e. The lowest BCUT2D eigenvalue weighted by atomic mass is 10.0. The molecule has 86 valence electrons. The summed E-state index contributed by atoms with van der Waals surface area (Å²) in [5.74, 6) is -1.69. The van der Waals surface area contributed by atoms with E-state index in [1.807, 2.05) is 13.0 Å². The highest BCUT2D eigenvalue weighted by molar-refractivity contribution is 6.13. The number of aryl methyl sites for hydroxylation is 1. The molecule has 0 atom stereocenters. The lowest BCUT2D eigenvalue weighted by molar-refractivity contribution is 0.0682. The number of benzene rings is 1. The first kappa shape index (κ1) is 11.1. The maximum atomic E-state index is 12.0. The first-order valence-electron chi connectivity index (χ1n) is 4.88. The fourth-order valence-electron chi connectivity index (χ4n) is 1.49. The van der Waals surface area contributed by atoms with E-state index in [1.54, 1.807) is 18.2 Å². The summed E-state index contributed by atoms with van der Waals surface area (Å²) in [7, 11) is 0. The van der Waals surface area contributed by atoms with Crippen molar-refractivity contribution in [3.8, 4) is 0 Å². The largest absolute Gasteiger partial charge is 0.476 e. The predicted octanol–water partition coefficient (Wildman–Crippen LogP) is 1.91. The van der Waals surface area contributed by atoms with Gasteiger partial charge in [0, 0.05) is 5.56 Å². The average Bonchev–Trinajstić information content (AvgIpc) is 2.77. The predicted molar refractivity (Wildman–Crippen MR) is 58.1 cm³/mol. The molecule has 1 aromatic heterocycles. The van der Waals surface area contributed by atoms with E-state index in [9.17, 15) is 9.59 Å². The Morgan fingerprint density at radius 3 is 2.76 bits per heavy atom. The highest BCUT2D eigenvalue weighted by Gasteiger charge is 2.22. The number of aromatic nitrogens is 1. The summed E-state index contributed by atoms with van der Waals surface area (Å²) in [5, 5.41) is 12.1. The van der Waals surface area contributed by atoms with Gasteiger partial charge < -0.3 is 9.63 Å². The van der Waals surface area contributed by atoms with Gasteiger partial charge in [-0.1, -0.05) is 28.9 Å². The molecule has 2 aromatic rings. The fourth-order valence-corrected chi connectivity index (χ4v) is 1.49. The smallest absolute Gasteiger partial charge is 0.358 e. The van der Waals surface area contributed by atoms with E-state index >= 15 is 0 Å². The van der Waals surface area contributed by atoms with Crippen molar-refractivity contribution in [2.75, 3.05) is 0 Å². The molecule has 1 N–H and O–H groups in total. The quantitative estimate of drug-likeness (QED) is 0.816. The molecule has 0 aliphatic rings. The van der Waals surface area contributed by atoms with Gasteiger partial charge in [0.15, 0.2) is 5.78 Å². The molecule has 1 heterocycles. The first-order chi connectivity index (χ1) is 8.09. The lowest BCUT2D eigenvalue weighted by Gasteiger charge is -1.99. The molecule has 0 spiro atoms. The molecule has 5 heteroatoms. The van der Waals surface area contributed by atoms with Crippen LogP contribution < -0.4 is 0 Å². The number of ketones is 1. The third kappa shape index (κ3) is 2.08. The van der Waals surface area contributed by atoms with Gasteiger partial charge >= 0.3 is 5.97 Å². The molecule has 0 saturated carbocycles. The van der Waals surface area contributed by atoms with Gasteiger partial charge in [0.1, 0.15) is 6.26 Å². The summed E-state index contributed by atoms with van der Waals surface area (Å²) in [5.41, 5.74) is 0.930. The molecule has 0 aliphatic heterocycles. The number of hydrogen-bond acceptors (Lipinski definition) is 4. The summed E-state index contributed by atoms with van der Waals surface area (Å²) >= 11 is 0. The van der Waals surface area contributed by atoms with E-state index in [0.29, 0.717) is 5.56 Å².